The quantitative estimate of drug-likeness (QED) is 0.450. The molecule has 2 N–H and O–H groups in total. The second-order valence-electron chi connectivity index (χ2n) is 1.49. The summed E-state index contributed by atoms with van der Waals surface area (Å²) in [4.78, 5) is 0. The van der Waals surface area contributed by atoms with Gasteiger partial charge in [0.15, 0.2) is 0 Å². The summed E-state index contributed by atoms with van der Waals surface area (Å²) >= 11 is 0. The molecule has 0 atom stereocenters. The summed E-state index contributed by atoms with van der Waals surface area (Å²) in [6, 6.07) is 0. The van der Waals surface area contributed by atoms with Gasteiger partial charge >= 0.3 is 0 Å². The van der Waals surface area contributed by atoms with Gasteiger partial charge < -0.3 is 5.48 Å². The third kappa shape index (κ3) is 5.70. The lowest BCUT2D eigenvalue weighted by Crippen LogP contribution is -1.63. The van der Waals surface area contributed by atoms with Crippen LogP contribution >= 0.6 is 0 Å². The molecule has 0 spiro atoms. The molecule has 7 heavy (non-hydrogen) atoms. The lowest BCUT2D eigenvalue weighted by atomic mass is 10.2. The third-order valence-electron chi connectivity index (χ3n) is 1.05. The second kappa shape index (κ2) is 5.70. The Hall–Kier alpha value is -0.300. The minimum absolute atomic E-state index is 0. The first-order valence-electron chi connectivity index (χ1n) is 2.43. The van der Waals surface area contributed by atoms with Gasteiger partial charge in [0.1, 0.15) is 0 Å². The zero-order chi connectivity index (χ0) is 4.99. The SMILES string of the molecule is CC=C(C)CC.O. The summed E-state index contributed by atoms with van der Waals surface area (Å²) < 4.78 is 0. The molecule has 1 nitrogen and oxygen atoms in total. The maximum absolute atomic E-state index is 2.16. The van der Waals surface area contributed by atoms with Gasteiger partial charge in [-0.15, -0.1) is 0 Å². The fourth-order valence-corrected chi connectivity index (χ4v) is 0.204. The second-order valence-corrected chi connectivity index (χ2v) is 1.49. The Morgan fingerprint density at radius 1 is 1.57 bits per heavy atom. The van der Waals surface area contributed by atoms with Crippen molar-refractivity contribution in [2.45, 2.75) is 27.2 Å². The minimum atomic E-state index is 0. The van der Waals surface area contributed by atoms with Gasteiger partial charge in [0.2, 0.25) is 0 Å². The molecule has 44 valence electrons. The van der Waals surface area contributed by atoms with Crippen molar-refractivity contribution >= 4 is 0 Å². The van der Waals surface area contributed by atoms with Crippen LogP contribution in [0.1, 0.15) is 27.2 Å². The van der Waals surface area contributed by atoms with E-state index in [9.17, 15) is 0 Å². The molecule has 0 aliphatic carbocycles. The lowest BCUT2D eigenvalue weighted by Gasteiger charge is -1.85. The largest absolute Gasteiger partial charge is 0.412 e. The molecule has 0 saturated carbocycles. The van der Waals surface area contributed by atoms with E-state index in [0.717, 1.165) is 0 Å². The van der Waals surface area contributed by atoms with E-state index in [2.05, 4.69) is 26.8 Å². The van der Waals surface area contributed by atoms with Crippen LogP contribution in [0.5, 0.6) is 0 Å². The van der Waals surface area contributed by atoms with Crippen LogP contribution in [-0.4, -0.2) is 5.48 Å². The number of rotatable bonds is 1. The van der Waals surface area contributed by atoms with E-state index in [4.69, 9.17) is 0 Å². The van der Waals surface area contributed by atoms with E-state index < -0.39 is 0 Å². The van der Waals surface area contributed by atoms with Crippen LogP contribution in [0, 0.1) is 0 Å². The number of hydrogen-bond acceptors (Lipinski definition) is 0. The molecule has 0 amide bonds. The van der Waals surface area contributed by atoms with Crippen molar-refractivity contribution in [1.82, 2.24) is 0 Å². The first-order valence-corrected chi connectivity index (χ1v) is 2.43. The number of allylic oxidation sites excluding steroid dienone is 2. The molecular formula is C6H14O. The fraction of sp³-hybridized carbons (Fsp3) is 0.667. The average molecular weight is 102 g/mol. The summed E-state index contributed by atoms with van der Waals surface area (Å²) in [5.41, 5.74) is 1.47. The van der Waals surface area contributed by atoms with E-state index in [1.165, 1.54) is 12.0 Å². The topological polar surface area (TPSA) is 31.5 Å². The first-order chi connectivity index (χ1) is 2.81. The standard InChI is InChI=1S/C6H12.H2O/c1-4-6(3)5-2;/h4H,5H2,1-3H3;1H2. The molecule has 0 heterocycles. The van der Waals surface area contributed by atoms with Crippen LogP contribution in [0.3, 0.4) is 0 Å². The summed E-state index contributed by atoms with van der Waals surface area (Å²) in [5.74, 6) is 0. The van der Waals surface area contributed by atoms with Gasteiger partial charge in [0.05, 0.1) is 0 Å². The molecule has 0 aromatic rings. The van der Waals surface area contributed by atoms with Crippen molar-refractivity contribution in [2.24, 2.45) is 0 Å². The van der Waals surface area contributed by atoms with Crippen molar-refractivity contribution < 1.29 is 5.48 Å². The molecule has 0 aliphatic rings. The maximum atomic E-state index is 2.16. The van der Waals surface area contributed by atoms with E-state index in [-0.39, 0.29) is 5.48 Å². The van der Waals surface area contributed by atoms with Gasteiger partial charge in [-0.1, -0.05) is 18.6 Å². The van der Waals surface area contributed by atoms with Crippen LogP contribution in [0.25, 0.3) is 0 Å². The highest BCUT2D eigenvalue weighted by Crippen LogP contribution is 1.94. The molecule has 0 unspecified atom stereocenters. The van der Waals surface area contributed by atoms with Crippen LogP contribution in [0.4, 0.5) is 0 Å². The Bertz CT molecular complexity index is 55.2. The van der Waals surface area contributed by atoms with Crippen molar-refractivity contribution in [3.8, 4) is 0 Å². The van der Waals surface area contributed by atoms with Crippen molar-refractivity contribution in [1.29, 1.82) is 0 Å². The van der Waals surface area contributed by atoms with Gasteiger partial charge in [-0.2, -0.15) is 0 Å². The van der Waals surface area contributed by atoms with Crippen molar-refractivity contribution in [3.63, 3.8) is 0 Å². The summed E-state index contributed by atoms with van der Waals surface area (Å²) in [6.45, 7) is 6.37. The molecule has 0 bridgehead atoms. The van der Waals surface area contributed by atoms with Crippen LogP contribution in [0.2, 0.25) is 0 Å². The highest BCUT2D eigenvalue weighted by molar-refractivity contribution is 4.93. The molecule has 0 fully saturated rings. The Kier molecular flexibility index (Phi) is 8.02. The van der Waals surface area contributed by atoms with Gasteiger partial charge in [0.25, 0.3) is 0 Å². The molecule has 0 aromatic heterocycles. The fourth-order valence-electron chi connectivity index (χ4n) is 0.204. The Labute approximate surface area is 45.4 Å². The minimum Gasteiger partial charge on any atom is -0.412 e. The van der Waals surface area contributed by atoms with Gasteiger partial charge in [0, 0.05) is 0 Å². The Balaban J connectivity index is 0. The van der Waals surface area contributed by atoms with Gasteiger partial charge in [-0.25, -0.2) is 0 Å². The average Bonchev–Trinajstić information content (AvgIpc) is 1.65. The van der Waals surface area contributed by atoms with E-state index in [0.29, 0.717) is 0 Å². The van der Waals surface area contributed by atoms with Crippen LogP contribution in [0.15, 0.2) is 11.6 Å². The zero-order valence-electron chi connectivity index (χ0n) is 5.28. The molecule has 0 rings (SSSR count). The van der Waals surface area contributed by atoms with E-state index >= 15 is 0 Å². The van der Waals surface area contributed by atoms with Gasteiger partial charge in [-0.3, -0.25) is 0 Å². The predicted octanol–water partition coefficient (Wildman–Crippen LogP) is 1.54. The van der Waals surface area contributed by atoms with Crippen LogP contribution in [-0.2, 0) is 0 Å². The number of hydrogen-bond donors (Lipinski definition) is 0. The molecule has 0 aliphatic heterocycles. The third-order valence-corrected chi connectivity index (χ3v) is 1.05. The normalized spacial score (nSPS) is 10.4. The molecule has 1 heteroatoms. The molecular weight excluding hydrogens is 88.1 g/mol. The maximum Gasteiger partial charge on any atom is -0.0352 e. The Morgan fingerprint density at radius 3 is 2.00 bits per heavy atom. The van der Waals surface area contributed by atoms with Crippen molar-refractivity contribution in [2.75, 3.05) is 0 Å². The Morgan fingerprint density at radius 2 is 2.00 bits per heavy atom. The molecule has 0 aromatic carbocycles. The smallest absolute Gasteiger partial charge is 0.0352 e. The molecule has 0 saturated heterocycles. The van der Waals surface area contributed by atoms with Gasteiger partial charge in [-0.05, 0) is 20.3 Å². The lowest BCUT2D eigenvalue weighted by molar-refractivity contribution is 0.824. The zero-order valence-corrected chi connectivity index (χ0v) is 5.28. The first kappa shape index (κ1) is 9.85. The highest BCUT2D eigenvalue weighted by Gasteiger charge is 1.73. The summed E-state index contributed by atoms with van der Waals surface area (Å²) in [7, 11) is 0. The van der Waals surface area contributed by atoms with Crippen molar-refractivity contribution in [3.05, 3.63) is 11.6 Å². The van der Waals surface area contributed by atoms with Crippen LogP contribution < -0.4 is 0 Å². The predicted molar refractivity (Wildman–Crippen MR) is 33.3 cm³/mol. The summed E-state index contributed by atoms with van der Waals surface area (Å²) in [6.07, 6.45) is 3.33. The molecule has 0 radical (unpaired) electrons. The van der Waals surface area contributed by atoms with E-state index in [1.807, 2.05) is 0 Å². The summed E-state index contributed by atoms with van der Waals surface area (Å²) in [5, 5.41) is 0. The monoisotopic (exact) mass is 102 g/mol. The highest BCUT2D eigenvalue weighted by atomic mass is 16.0. The van der Waals surface area contributed by atoms with E-state index in [1.54, 1.807) is 0 Å².